The molecule has 0 unspecified atom stereocenters. The summed E-state index contributed by atoms with van der Waals surface area (Å²) < 4.78 is 13.7. The fraction of sp³-hybridized carbons (Fsp3) is 0.462. The van der Waals surface area contributed by atoms with E-state index in [1.807, 2.05) is 0 Å². The van der Waals surface area contributed by atoms with Crippen LogP contribution in [0.4, 0.5) is 4.39 Å². The first-order chi connectivity index (χ1) is 8.09. The molecule has 1 amide bonds. The molecule has 0 spiro atoms. The normalized spacial score (nSPS) is 16.0. The molecule has 0 bridgehead atoms. The second-order valence-corrected chi connectivity index (χ2v) is 4.47. The van der Waals surface area contributed by atoms with E-state index in [2.05, 4.69) is 0 Å². The molecule has 1 aromatic rings. The maximum atomic E-state index is 13.7. The lowest BCUT2D eigenvalue weighted by Crippen LogP contribution is -2.36. The molecule has 1 fully saturated rings. The molecule has 1 N–H and O–H groups in total. The number of piperidine rings is 1. The zero-order valence-electron chi connectivity index (χ0n) is 9.87. The van der Waals surface area contributed by atoms with Crippen molar-refractivity contribution >= 4 is 5.91 Å². The van der Waals surface area contributed by atoms with Gasteiger partial charge in [-0.25, -0.2) is 4.39 Å². The van der Waals surface area contributed by atoms with Crippen LogP contribution in [0.1, 0.15) is 35.2 Å². The fourth-order valence-electron chi connectivity index (χ4n) is 2.09. The molecule has 2 rings (SSSR count). The number of hydrogen-bond acceptors (Lipinski definition) is 2. The molecular weight excluding hydrogens is 221 g/mol. The van der Waals surface area contributed by atoms with Crippen molar-refractivity contribution in [3.05, 3.63) is 29.1 Å². The Morgan fingerprint density at radius 3 is 2.59 bits per heavy atom. The lowest BCUT2D eigenvalue weighted by molar-refractivity contribution is 0.0719. The van der Waals surface area contributed by atoms with Crippen LogP contribution in [-0.2, 0) is 0 Å². The second-order valence-electron chi connectivity index (χ2n) is 4.47. The van der Waals surface area contributed by atoms with Gasteiger partial charge in [-0.15, -0.1) is 0 Å². The molecule has 1 saturated heterocycles. The number of benzene rings is 1. The zero-order chi connectivity index (χ0) is 12.4. The Bertz CT molecular complexity index is 439. The standard InChI is InChI=1S/C13H16FNO2/c1-9-7-11(14)10(8-12(9)16)13(17)15-5-3-2-4-6-15/h7-8,16H,2-6H2,1H3. The fourth-order valence-corrected chi connectivity index (χ4v) is 2.09. The predicted octanol–water partition coefficient (Wildman–Crippen LogP) is 2.47. The summed E-state index contributed by atoms with van der Waals surface area (Å²) in [7, 11) is 0. The highest BCUT2D eigenvalue weighted by Crippen LogP contribution is 2.23. The molecule has 92 valence electrons. The van der Waals surface area contributed by atoms with Gasteiger partial charge < -0.3 is 10.0 Å². The lowest BCUT2D eigenvalue weighted by atomic mass is 10.1. The lowest BCUT2D eigenvalue weighted by Gasteiger charge is -2.27. The van der Waals surface area contributed by atoms with Gasteiger partial charge in [-0.2, -0.15) is 0 Å². The summed E-state index contributed by atoms with van der Waals surface area (Å²) in [5, 5.41) is 9.53. The van der Waals surface area contributed by atoms with Crippen molar-refractivity contribution in [3.63, 3.8) is 0 Å². The van der Waals surface area contributed by atoms with Gasteiger partial charge >= 0.3 is 0 Å². The zero-order valence-corrected chi connectivity index (χ0v) is 9.87. The van der Waals surface area contributed by atoms with Crippen molar-refractivity contribution in [2.45, 2.75) is 26.2 Å². The van der Waals surface area contributed by atoms with Gasteiger partial charge in [-0.3, -0.25) is 4.79 Å². The largest absolute Gasteiger partial charge is 0.508 e. The van der Waals surface area contributed by atoms with Crippen molar-refractivity contribution in [2.75, 3.05) is 13.1 Å². The third-order valence-electron chi connectivity index (χ3n) is 3.16. The maximum Gasteiger partial charge on any atom is 0.256 e. The van der Waals surface area contributed by atoms with Crippen LogP contribution in [0, 0.1) is 12.7 Å². The minimum absolute atomic E-state index is 0.0324. The summed E-state index contributed by atoms with van der Waals surface area (Å²) in [5.41, 5.74) is 0.410. The number of phenols is 1. The van der Waals surface area contributed by atoms with E-state index in [1.54, 1.807) is 11.8 Å². The highest BCUT2D eigenvalue weighted by Gasteiger charge is 2.22. The van der Waals surface area contributed by atoms with E-state index in [4.69, 9.17) is 0 Å². The monoisotopic (exact) mass is 237 g/mol. The van der Waals surface area contributed by atoms with Gasteiger partial charge in [0, 0.05) is 13.1 Å². The number of nitrogens with zero attached hydrogens (tertiary/aromatic N) is 1. The third kappa shape index (κ3) is 2.40. The maximum absolute atomic E-state index is 13.7. The van der Waals surface area contributed by atoms with Gasteiger partial charge in [-0.05, 0) is 43.9 Å². The molecule has 0 aliphatic carbocycles. The quantitative estimate of drug-likeness (QED) is 0.815. The summed E-state index contributed by atoms with van der Waals surface area (Å²) in [5.74, 6) is -0.917. The molecule has 0 saturated carbocycles. The van der Waals surface area contributed by atoms with Gasteiger partial charge in [0.15, 0.2) is 0 Å². The van der Waals surface area contributed by atoms with Gasteiger partial charge in [-0.1, -0.05) is 0 Å². The van der Waals surface area contributed by atoms with Crippen LogP contribution in [-0.4, -0.2) is 29.0 Å². The number of halogens is 1. The summed E-state index contributed by atoms with van der Waals surface area (Å²) >= 11 is 0. The van der Waals surface area contributed by atoms with Gasteiger partial charge in [0.1, 0.15) is 11.6 Å². The average molecular weight is 237 g/mol. The van der Waals surface area contributed by atoms with E-state index >= 15 is 0 Å². The van der Waals surface area contributed by atoms with Gasteiger partial charge in [0.05, 0.1) is 5.56 Å². The number of rotatable bonds is 1. The summed E-state index contributed by atoms with van der Waals surface area (Å²) in [6.45, 7) is 2.95. The first-order valence-corrected chi connectivity index (χ1v) is 5.88. The minimum Gasteiger partial charge on any atom is -0.508 e. The van der Waals surface area contributed by atoms with E-state index in [9.17, 15) is 14.3 Å². The van der Waals surface area contributed by atoms with Gasteiger partial charge in [0.25, 0.3) is 5.91 Å². The topological polar surface area (TPSA) is 40.5 Å². The number of carbonyl (C=O) groups is 1. The highest BCUT2D eigenvalue weighted by atomic mass is 19.1. The molecule has 0 aromatic heterocycles. The highest BCUT2D eigenvalue weighted by molar-refractivity contribution is 5.95. The van der Waals surface area contributed by atoms with Crippen molar-refractivity contribution in [2.24, 2.45) is 0 Å². The molecule has 4 heteroatoms. The molecule has 1 aliphatic heterocycles. The smallest absolute Gasteiger partial charge is 0.256 e. The number of likely N-dealkylation sites (tertiary alicyclic amines) is 1. The molecule has 1 aromatic carbocycles. The van der Waals surface area contributed by atoms with Crippen LogP contribution in [0.2, 0.25) is 0 Å². The molecule has 3 nitrogen and oxygen atoms in total. The van der Waals surface area contributed by atoms with Crippen LogP contribution in [0.25, 0.3) is 0 Å². The SMILES string of the molecule is Cc1cc(F)c(C(=O)N2CCCCC2)cc1O. The van der Waals surface area contributed by atoms with Crippen molar-refractivity contribution in [1.82, 2.24) is 4.90 Å². The van der Waals surface area contributed by atoms with Crippen LogP contribution in [0.3, 0.4) is 0 Å². The van der Waals surface area contributed by atoms with Crippen molar-refractivity contribution in [3.8, 4) is 5.75 Å². The van der Waals surface area contributed by atoms with Gasteiger partial charge in [0.2, 0.25) is 0 Å². The molecular formula is C13H16FNO2. The van der Waals surface area contributed by atoms with E-state index in [-0.39, 0.29) is 17.2 Å². The Balaban J connectivity index is 2.26. The number of amides is 1. The Labute approximate surface area is 99.9 Å². The van der Waals surface area contributed by atoms with E-state index in [0.717, 1.165) is 19.3 Å². The Morgan fingerprint density at radius 2 is 1.94 bits per heavy atom. The summed E-state index contributed by atoms with van der Waals surface area (Å²) in [6, 6.07) is 2.42. The first-order valence-electron chi connectivity index (χ1n) is 5.88. The minimum atomic E-state index is -0.559. The Hall–Kier alpha value is -1.58. The Morgan fingerprint density at radius 1 is 1.29 bits per heavy atom. The van der Waals surface area contributed by atoms with Crippen LogP contribution >= 0.6 is 0 Å². The number of aryl methyl sites for hydroxylation is 1. The predicted molar refractivity (Wildman–Crippen MR) is 62.6 cm³/mol. The van der Waals surface area contributed by atoms with Crippen molar-refractivity contribution < 1.29 is 14.3 Å². The molecule has 1 aliphatic rings. The molecule has 17 heavy (non-hydrogen) atoms. The summed E-state index contributed by atoms with van der Waals surface area (Å²) in [4.78, 5) is 13.7. The molecule has 1 heterocycles. The number of aromatic hydroxyl groups is 1. The van der Waals surface area contributed by atoms with E-state index in [0.29, 0.717) is 18.7 Å². The van der Waals surface area contributed by atoms with Crippen LogP contribution in [0.15, 0.2) is 12.1 Å². The van der Waals surface area contributed by atoms with Crippen LogP contribution < -0.4 is 0 Å². The number of carbonyl (C=O) groups excluding carboxylic acids is 1. The molecule has 0 atom stereocenters. The third-order valence-corrected chi connectivity index (χ3v) is 3.16. The van der Waals surface area contributed by atoms with Crippen LogP contribution in [0.5, 0.6) is 5.75 Å². The Kier molecular flexibility index (Phi) is 3.31. The van der Waals surface area contributed by atoms with E-state index < -0.39 is 5.82 Å². The number of phenolic OH excluding ortho intramolecular Hbond substituents is 1. The number of hydrogen-bond donors (Lipinski definition) is 1. The first kappa shape index (κ1) is 11.9. The average Bonchev–Trinajstić information content (AvgIpc) is 2.34. The molecule has 0 radical (unpaired) electrons. The van der Waals surface area contributed by atoms with E-state index in [1.165, 1.54) is 12.1 Å². The van der Waals surface area contributed by atoms with Crippen molar-refractivity contribution in [1.29, 1.82) is 0 Å². The summed E-state index contributed by atoms with van der Waals surface area (Å²) in [6.07, 6.45) is 3.04. The second kappa shape index (κ2) is 4.73.